The highest BCUT2D eigenvalue weighted by molar-refractivity contribution is 6.00. The van der Waals surface area contributed by atoms with E-state index in [0.29, 0.717) is 11.3 Å². The summed E-state index contributed by atoms with van der Waals surface area (Å²) < 4.78 is 10.2. The SMILES string of the molecule is CCOC(=O)C1=C(C)NC(C#N)=C(C(=O)OCC)C1c1cccc([N+](=O)[O-])c1. The average molecular weight is 385 g/mol. The summed E-state index contributed by atoms with van der Waals surface area (Å²) in [5.41, 5.74) is 0.315. The molecule has 2 rings (SSSR count). The first-order valence-electron chi connectivity index (χ1n) is 8.56. The molecule has 0 bridgehead atoms. The number of carbonyl (C=O) groups is 2. The van der Waals surface area contributed by atoms with Crippen LogP contribution in [0.1, 0.15) is 32.3 Å². The number of rotatable bonds is 6. The summed E-state index contributed by atoms with van der Waals surface area (Å²) in [5, 5.41) is 23.4. The molecular formula is C19H19N3O6. The summed E-state index contributed by atoms with van der Waals surface area (Å²) in [6, 6.07) is 7.45. The zero-order chi connectivity index (χ0) is 20.8. The van der Waals surface area contributed by atoms with Crippen molar-refractivity contribution in [3.8, 4) is 6.07 Å². The van der Waals surface area contributed by atoms with E-state index in [4.69, 9.17) is 9.47 Å². The predicted molar refractivity (Wildman–Crippen MR) is 97.6 cm³/mol. The summed E-state index contributed by atoms with van der Waals surface area (Å²) in [6.07, 6.45) is 0. The number of hydrogen-bond acceptors (Lipinski definition) is 8. The molecule has 1 aromatic carbocycles. The number of allylic oxidation sites excluding steroid dienone is 2. The van der Waals surface area contributed by atoms with E-state index in [-0.39, 0.29) is 35.7 Å². The van der Waals surface area contributed by atoms with Crippen molar-refractivity contribution in [2.45, 2.75) is 26.7 Å². The Morgan fingerprint density at radius 2 is 1.82 bits per heavy atom. The van der Waals surface area contributed by atoms with Gasteiger partial charge < -0.3 is 14.8 Å². The molecule has 0 amide bonds. The van der Waals surface area contributed by atoms with Crippen LogP contribution in [0.2, 0.25) is 0 Å². The van der Waals surface area contributed by atoms with Crippen LogP contribution < -0.4 is 5.32 Å². The molecule has 9 heteroatoms. The molecule has 1 aliphatic rings. The van der Waals surface area contributed by atoms with Crippen LogP contribution in [0.4, 0.5) is 5.69 Å². The van der Waals surface area contributed by atoms with Crippen LogP contribution in [0.3, 0.4) is 0 Å². The number of nitro benzene ring substituents is 1. The minimum Gasteiger partial charge on any atom is -0.463 e. The molecule has 0 saturated carbocycles. The molecule has 28 heavy (non-hydrogen) atoms. The van der Waals surface area contributed by atoms with E-state index in [2.05, 4.69) is 5.32 Å². The first-order valence-corrected chi connectivity index (χ1v) is 8.56. The van der Waals surface area contributed by atoms with Gasteiger partial charge >= 0.3 is 11.9 Å². The van der Waals surface area contributed by atoms with Crippen molar-refractivity contribution in [2.24, 2.45) is 0 Å². The Balaban J connectivity index is 2.75. The monoisotopic (exact) mass is 385 g/mol. The molecule has 1 aromatic rings. The lowest BCUT2D eigenvalue weighted by Gasteiger charge is -2.29. The van der Waals surface area contributed by atoms with Crippen molar-refractivity contribution in [3.05, 3.63) is 62.5 Å². The molecule has 1 aliphatic heterocycles. The maximum atomic E-state index is 12.6. The van der Waals surface area contributed by atoms with Gasteiger partial charge in [0, 0.05) is 17.8 Å². The summed E-state index contributed by atoms with van der Waals surface area (Å²) in [7, 11) is 0. The number of nitriles is 1. The van der Waals surface area contributed by atoms with Gasteiger partial charge in [-0.05, 0) is 26.3 Å². The summed E-state index contributed by atoms with van der Waals surface area (Å²) >= 11 is 0. The molecule has 0 saturated heterocycles. The van der Waals surface area contributed by atoms with Crippen LogP contribution in [0.5, 0.6) is 0 Å². The first-order chi connectivity index (χ1) is 13.3. The Morgan fingerprint density at radius 1 is 1.21 bits per heavy atom. The van der Waals surface area contributed by atoms with Crippen molar-refractivity contribution < 1.29 is 24.0 Å². The van der Waals surface area contributed by atoms with Gasteiger partial charge in [-0.15, -0.1) is 0 Å². The van der Waals surface area contributed by atoms with E-state index < -0.39 is 22.8 Å². The third-order valence-corrected chi connectivity index (χ3v) is 4.08. The number of nitrogens with zero attached hydrogens (tertiary/aromatic N) is 2. The van der Waals surface area contributed by atoms with Crippen molar-refractivity contribution in [3.63, 3.8) is 0 Å². The second-order valence-corrected chi connectivity index (χ2v) is 5.79. The van der Waals surface area contributed by atoms with Gasteiger partial charge in [0.2, 0.25) is 0 Å². The number of non-ortho nitro benzene ring substituents is 1. The van der Waals surface area contributed by atoms with Crippen molar-refractivity contribution in [2.75, 3.05) is 13.2 Å². The van der Waals surface area contributed by atoms with Crippen LogP contribution in [-0.2, 0) is 19.1 Å². The molecule has 0 fully saturated rings. The van der Waals surface area contributed by atoms with E-state index in [1.165, 1.54) is 18.2 Å². The second kappa shape index (κ2) is 8.81. The van der Waals surface area contributed by atoms with Crippen LogP contribution >= 0.6 is 0 Å². The second-order valence-electron chi connectivity index (χ2n) is 5.79. The standard InChI is InChI=1S/C19H19N3O6/c1-4-27-18(23)15-11(3)21-14(10-20)17(19(24)28-5-2)16(15)12-7-6-8-13(9-12)22(25)26/h6-9,16,21H,4-5H2,1-3H3. The predicted octanol–water partition coefficient (Wildman–Crippen LogP) is 2.46. The number of nitro groups is 1. The molecule has 1 atom stereocenters. The van der Waals surface area contributed by atoms with E-state index in [0.717, 1.165) is 0 Å². The number of ether oxygens (including phenoxy) is 2. The minimum absolute atomic E-state index is 0.0557. The Kier molecular flexibility index (Phi) is 6.50. The molecule has 1 unspecified atom stereocenters. The van der Waals surface area contributed by atoms with Gasteiger partial charge in [-0.2, -0.15) is 5.26 Å². The Hall–Kier alpha value is -3.67. The Bertz CT molecular complexity index is 926. The van der Waals surface area contributed by atoms with Gasteiger partial charge in [0.1, 0.15) is 11.8 Å². The zero-order valence-electron chi connectivity index (χ0n) is 15.6. The summed E-state index contributed by atoms with van der Waals surface area (Å²) in [5.74, 6) is -2.53. The maximum absolute atomic E-state index is 12.6. The number of hydrogen-bond donors (Lipinski definition) is 1. The highest BCUT2D eigenvalue weighted by Crippen LogP contribution is 2.40. The minimum atomic E-state index is -1.05. The van der Waals surface area contributed by atoms with Crippen molar-refractivity contribution >= 4 is 17.6 Å². The van der Waals surface area contributed by atoms with E-state index in [1.54, 1.807) is 26.8 Å². The van der Waals surface area contributed by atoms with Gasteiger partial charge in [-0.25, -0.2) is 9.59 Å². The normalized spacial score (nSPS) is 16.1. The molecule has 9 nitrogen and oxygen atoms in total. The molecular weight excluding hydrogens is 366 g/mol. The molecule has 0 aliphatic carbocycles. The van der Waals surface area contributed by atoms with Gasteiger partial charge in [0.05, 0.1) is 35.2 Å². The third-order valence-electron chi connectivity index (χ3n) is 4.08. The first kappa shape index (κ1) is 20.6. The van der Waals surface area contributed by atoms with Crippen molar-refractivity contribution in [1.82, 2.24) is 5.32 Å². The topological polar surface area (TPSA) is 132 Å². The van der Waals surface area contributed by atoms with E-state index >= 15 is 0 Å². The molecule has 0 spiro atoms. The lowest BCUT2D eigenvalue weighted by Crippen LogP contribution is -2.33. The van der Waals surface area contributed by atoms with Crippen molar-refractivity contribution in [1.29, 1.82) is 5.26 Å². The summed E-state index contributed by atoms with van der Waals surface area (Å²) in [4.78, 5) is 35.9. The molecule has 0 aromatic heterocycles. The lowest BCUT2D eigenvalue weighted by atomic mass is 9.80. The Labute approximate surface area is 161 Å². The number of nitrogens with one attached hydrogen (secondary N) is 1. The van der Waals surface area contributed by atoms with Crippen LogP contribution in [-0.4, -0.2) is 30.1 Å². The number of esters is 2. The third kappa shape index (κ3) is 4.01. The van der Waals surface area contributed by atoms with Gasteiger partial charge in [0.15, 0.2) is 0 Å². The van der Waals surface area contributed by atoms with Crippen LogP contribution in [0.15, 0.2) is 46.8 Å². The summed E-state index contributed by atoms with van der Waals surface area (Å²) in [6.45, 7) is 4.96. The zero-order valence-corrected chi connectivity index (χ0v) is 15.6. The van der Waals surface area contributed by atoms with Gasteiger partial charge in [-0.1, -0.05) is 12.1 Å². The van der Waals surface area contributed by atoms with Gasteiger partial charge in [-0.3, -0.25) is 10.1 Å². The van der Waals surface area contributed by atoms with Crippen LogP contribution in [0, 0.1) is 21.4 Å². The highest BCUT2D eigenvalue weighted by atomic mass is 16.6. The quantitative estimate of drug-likeness (QED) is 0.449. The van der Waals surface area contributed by atoms with E-state index in [1.807, 2.05) is 6.07 Å². The fraction of sp³-hybridized carbons (Fsp3) is 0.316. The molecule has 0 radical (unpaired) electrons. The van der Waals surface area contributed by atoms with Crippen LogP contribution in [0.25, 0.3) is 0 Å². The number of benzene rings is 1. The fourth-order valence-corrected chi connectivity index (χ4v) is 2.98. The molecule has 1 heterocycles. The fourth-order valence-electron chi connectivity index (χ4n) is 2.98. The molecule has 1 N–H and O–H groups in total. The maximum Gasteiger partial charge on any atom is 0.337 e. The highest BCUT2D eigenvalue weighted by Gasteiger charge is 2.39. The molecule has 146 valence electrons. The van der Waals surface area contributed by atoms with E-state index in [9.17, 15) is 25.0 Å². The average Bonchev–Trinajstić information content (AvgIpc) is 2.67. The van der Waals surface area contributed by atoms with Gasteiger partial charge in [0.25, 0.3) is 5.69 Å². The largest absolute Gasteiger partial charge is 0.463 e. The smallest absolute Gasteiger partial charge is 0.337 e. The lowest BCUT2D eigenvalue weighted by molar-refractivity contribution is -0.384. The Morgan fingerprint density at radius 3 is 2.36 bits per heavy atom. The number of dihydropyridines is 1. The number of carbonyl (C=O) groups excluding carboxylic acids is 2.